The predicted molar refractivity (Wildman–Crippen MR) is 70.4 cm³/mol. The maximum absolute atomic E-state index is 9.49. The summed E-state index contributed by atoms with van der Waals surface area (Å²) in [5.41, 5.74) is -0.331. The zero-order valence-corrected chi connectivity index (χ0v) is 11.4. The highest BCUT2D eigenvalue weighted by atomic mass is 35.5. The summed E-state index contributed by atoms with van der Waals surface area (Å²) in [6, 6.07) is 1.69. The highest BCUT2D eigenvalue weighted by molar-refractivity contribution is 6.29. The molecule has 0 saturated heterocycles. The molecule has 0 bridgehead atoms. The van der Waals surface area contributed by atoms with Crippen LogP contribution in [0.1, 0.15) is 39.4 Å². The number of aliphatic hydroxyl groups is 1. The number of anilines is 1. The molecule has 1 aromatic heterocycles. The molecule has 2 N–H and O–H groups in total. The van der Waals surface area contributed by atoms with Crippen molar-refractivity contribution < 1.29 is 5.11 Å². The Morgan fingerprint density at radius 1 is 1.29 bits per heavy atom. The van der Waals surface area contributed by atoms with Crippen LogP contribution in [0, 0.1) is 0 Å². The summed E-state index contributed by atoms with van der Waals surface area (Å²) >= 11 is 5.93. The lowest BCUT2D eigenvalue weighted by Gasteiger charge is -2.31. The third-order valence-electron chi connectivity index (χ3n) is 3.11. The van der Waals surface area contributed by atoms with Crippen molar-refractivity contribution in [2.24, 2.45) is 0 Å². The number of aliphatic hydroxyl groups excluding tert-OH is 1. The molecular weight excluding hydrogens is 238 g/mol. The number of hydrogen-bond donors (Lipinski definition) is 2. The SMILES string of the molecule is CCc1nc(Cl)cc(NC(CC)(CC)CO)n1. The number of rotatable bonds is 6. The van der Waals surface area contributed by atoms with Crippen LogP contribution in [0.15, 0.2) is 6.07 Å². The number of hydrogen-bond acceptors (Lipinski definition) is 4. The quantitative estimate of drug-likeness (QED) is 0.770. The molecule has 1 heterocycles. The Morgan fingerprint density at radius 2 is 1.94 bits per heavy atom. The van der Waals surface area contributed by atoms with E-state index < -0.39 is 0 Å². The summed E-state index contributed by atoms with van der Waals surface area (Å²) in [4.78, 5) is 8.47. The van der Waals surface area contributed by atoms with Gasteiger partial charge in [0.05, 0.1) is 12.1 Å². The minimum atomic E-state index is -0.331. The van der Waals surface area contributed by atoms with E-state index in [4.69, 9.17) is 11.6 Å². The molecule has 0 aliphatic carbocycles. The van der Waals surface area contributed by atoms with Gasteiger partial charge in [0.1, 0.15) is 16.8 Å². The van der Waals surface area contributed by atoms with Crippen LogP contribution in [0.5, 0.6) is 0 Å². The van der Waals surface area contributed by atoms with Gasteiger partial charge in [-0.25, -0.2) is 9.97 Å². The minimum Gasteiger partial charge on any atom is -0.394 e. The topological polar surface area (TPSA) is 58.0 Å². The van der Waals surface area contributed by atoms with Gasteiger partial charge in [0.2, 0.25) is 0 Å². The standard InChI is InChI=1S/C12H20ClN3O/c1-4-10-14-9(13)7-11(15-10)16-12(5-2,6-3)8-17/h7,17H,4-6,8H2,1-3H3,(H,14,15,16). The molecule has 0 aliphatic rings. The Labute approximate surface area is 107 Å². The average molecular weight is 258 g/mol. The highest BCUT2D eigenvalue weighted by Gasteiger charge is 2.25. The fraction of sp³-hybridized carbons (Fsp3) is 0.667. The number of nitrogens with one attached hydrogen (secondary N) is 1. The van der Waals surface area contributed by atoms with Gasteiger partial charge in [-0.2, -0.15) is 0 Å². The van der Waals surface area contributed by atoms with E-state index in [2.05, 4.69) is 15.3 Å². The van der Waals surface area contributed by atoms with Gasteiger partial charge >= 0.3 is 0 Å². The smallest absolute Gasteiger partial charge is 0.134 e. The molecule has 17 heavy (non-hydrogen) atoms. The Bertz CT molecular complexity index is 359. The Morgan fingerprint density at radius 3 is 2.41 bits per heavy atom. The van der Waals surface area contributed by atoms with Crippen LogP contribution in [0.2, 0.25) is 5.15 Å². The first kappa shape index (κ1) is 14.2. The van der Waals surface area contributed by atoms with E-state index in [0.717, 1.165) is 19.3 Å². The van der Waals surface area contributed by atoms with E-state index in [1.165, 1.54) is 0 Å². The molecule has 1 aromatic rings. The molecule has 0 aliphatic heterocycles. The molecule has 0 saturated carbocycles. The highest BCUT2D eigenvalue weighted by Crippen LogP contribution is 2.22. The minimum absolute atomic E-state index is 0.0725. The van der Waals surface area contributed by atoms with Crippen LogP contribution in [0.25, 0.3) is 0 Å². The van der Waals surface area contributed by atoms with Crippen molar-refractivity contribution in [2.45, 2.75) is 45.6 Å². The first-order valence-corrected chi connectivity index (χ1v) is 6.39. The van der Waals surface area contributed by atoms with Gasteiger partial charge in [-0.3, -0.25) is 0 Å². The van der Waals surface area contributed by atoms with Gasteiger partial charge in [-0.1, -0.05) is 32.4 Å². The number of nitrogens with zero attached hydrogens (tertiary/aromatic N) is 2. The molecule has 0 spiro atoms. The first-order valence-electron chi connectivity index (χ1n) is 6.01. The molecule has 0 atom stereocenters. The van der Waals surface area contributed by atoms with E-state index in [1.807, 2.05) is 20.8 Å². The number of aryl methyl sites for hydroxylation is 1. The van der Waals surface area contributed by atoms with Crippen molar-refractivity contribution in [3.8, 4) is 0 Å². The molecule has 0 amide bonds. The van der Waals surface area contributed by atoms with E-state index >= 15 is 0 Å². The third kappa shape index (κ3) is 3.54. The maximum Gasteiger partial charge on any atom is 0.134 e. The predicted octanol–water partition coefficient (Wildman–Crippen LogP) is 2.66. The molecule has 5 heteroatoms. The monoisotopic (exact) mass is 257 g/mol. The second-order valence-electron chi connectivity index (χ2n) is 4.12. The summed E-state index contributed by atoms with van der Waals surface area (Å²) in [5.74, 6) is 1.39. The van der Waals surface area contributed by atoms with E-state index in [-0.39, 0.29) is 12.1 Å². The Hall–Kier alpha value is -0.870. The fourth-order valence-corrected chi connectivity index (χ4v) is 1.85. The van der Waals surface area contributed by atoms with Gasteiger partial charge in [-0.15, -0.1) is 0 Å². The Kier molecular flexibility index (Phi) is 5.15. The van der Waals surface area contributed by atoms with Crippen molar-refractivity contribution in [3.05, 3.63) is 17.0 Å². The molecular formula is C12H20ClN3O. The second kappa shape index (κ2) is 6.17. The lowest BCUT2D eigenvalue weighted by atomic mass is 9.94. The van der Waals surface area contributed by atoms with Gasteiger partial charge < -0.3 is 10.4 Å². The summed E-state index contributed by atoms with van der Waals surface area (Å²) in [6.45, 7) is 6.13. The van der Waals surface area contributed by atoms with Crippen LogP contribution in [-0.2, 0) is 6.42 Å². The molecule has 0 aromatic carbocycles. The van der Waals surface area contributed by atoms with Crippen LogP contribution in [-0.4, -0.2) is 27.2 Å². The average Bonchev–Trinajstić information content (AvgIpc) is 2.35. The van der Waals surface area contributed by atoms with E-state index in [0.29, 0.717) is 16.8 Å². The molecule has 0 fully saturated rings. The van der Waals surface area contributed by atoms with Crippen LogP contribution in [0.4, 0.5) is 5.82 Å². The fourth-order valence-electron chi connectivity index (χ4n) is 1.65. The third-order valence-corrected chi connectivity index (χ3v) is 3.30. The number of halogens is 1. The zero-order chi connectivity index (χ0) is 12.9. The summed E-state index contributed by atoms with van der Waals surface area (Å²) in [6.07, 6.45) is 2.38. The van der Waals surface area contributed by atoms with Crippen molar-refractivity contribution in [3.63, 3.8) is 0 Å². The normalized spacial score (nSPS) is 11.6. The Balaban J connectivity index is 2.96. The van der Waals surface area contributed by atoms with Crippen LogP contribution >= 0.6 is 11.6 Å². The largest absolute Gasteiger partial charge is 0.394 e. The maximum atomic E-state index is 9.49. The van der Waals surface area contributed by atoms with Gasteiger partial charge in [0, 0.05) is 12.5 Å². The lowest BCUT2D eigenvalue weighted by Crippen LogP contribution is -2.41. The van der Waals surface area contributed by atoms with Gasteiger partial charge in [-0.05, 0) is 12.8 Å². The van der Waals surface area contributed by atoms with E-state index in [9.17, 15) is 5.11 Å². The van der Waals surface area contributed by atoms with Crippen molar-refractivity contribution in [1.82, 2.24) is 9.97 Å². The molecule has 0 radical (unpaired) electrons. The van der Waals surface area contributed by atoms with Gasteiger partial charge in [0.15, 0.2) is 0 Å². The van der Waals surface area contributed by atoms with Crippen LogP contribution < -0.4 is 5.32 Å². The molecule has 1 rings (SSSR count). The van der Waals surface area contributed by atoms with Gasteiger partial charge in [0.25, 0.3) is 0 Å². The summed E-state index contributed by atoms with van der Waals surface area (Å²) in [5, 5.41) is 13.2. The van der Waals surface area contributed by atoms with Crippen molar-refractivity contribution in [1.29, 1.82) is 0 Å². The molecule has 0 unspecified atom stereocenters. The summed E-state index contributed by atoms with van der Waals surface area (Å²) < 4.78 is 0. The first-order chi connectivity index (χ1) is 8.09. The second-order valence-corrected chi connectivity index (χ2v) is 4.50. The van der Waals surface area contributed by atoms with E-state index in [1.54, 1.807) is 6.07 Å². The molecule has 96 valence electrons. The number of aromatic nitrogens is 2. The van der Waals surface area contributed by atoms with Crippen molar-refractivity contribution >= 4 is 17.4 Å². The molecule has 4 nitrogen and oxygen atoms in total. The zero-order valence-electron chi connectivity index (χ0n) is 10.6. The summed E-state index contributed by atoms with van der Waals surface area (Å²) in [7, 11) is 0. The lowest BCUT2D eigenvalue weighted by molar-refractivity contribution is 0.202. The van der Waals surface area contributed by atoms with Crippen LogP contribution in [0.3, 0.4) is 0 Å². The van der Waals surface area contributed by atoms with Crippen molar-refractivity contribution in [2.75, 3.05) is 11.9 Å².